The van der Waals surface area contributed by atoms with Gasteiger partial charge in [-0.1, -0.05) is 53.3 Å². The van der Waals surface area contributed by atoms with E-state index in [-0.39, 0.29) is 0 Å². The van der Waals surface area contributed by atoms with Crippen LogP contribution in [0.2, 0.25) is 5.02 Å². The molecule has 0 radical (unpaired) electrons. The Bertz CT molecular complexity index is 1110. The largest absolute Gasteiger partial charge is 0.416 e. The highest BCUT2D eigenvalue weighted by atomic mass is 35.5. The van der Waals surface area contributed by atoms with Crippen molar-refractivity contribution in [2.75, 3.05) is 0 Å². The summed E-state index contributed by atoms with van der Waals surface area (Å²) in [4.78, 5) is 0.556. The average molecular weight is 407 g/mol. The molecule has 2 heterocycles. The number of hydrogen-bond donors (Lipinski definition) is 0. The van der Waals surface area contributed by atoms with Gasteiger partial charge >= 0.3 is 6.18 Å². The van der Waals surface area contributed by atoms with E-state index in [0.29, 0.717) is 26.4 Å². The van der Waals surface area contributed by atoms with E-state index in [4.69, 9.17) is 11.6 Å². The predicted octanol–water partition coefficient (Wildman–Crippen LogP) is 5.70. The van der Waals surface area contributed by atoms with E-state index >= 15 is 0 Å². The minimum Gasteiger partial charge on any atom is -0.182 e. The topological polar surface area (TPSA) is 43.1 Å². The van der Waals surface area contributed by atoms with Crippen molar-refractivity contribution in [1.82, 2.24) is 19.8 Å². The average Bonchev–Trinajstić information content (AvgIpc) is 3.21. The summed E-state index contributed by atoms with van der Waals surface area (Å²) in [5.74, 6) is 0.390. The van der Waals surface area contributed by atoms with E-state index < -0.39 is 11.7 Å². The fraction of sp³-hybridized carbons (Fsp3) is 0.0556. The number of alkyl halides is 3. The summed E-state index contributed by atoms with van der Waals surface area (Å²) in [7, 11) is 0. The molecule has 0 N–H and O–H groups in total. The van der Waals surface area contributed by atoms with Gasteiger partial charge in [0.2, 0.25) is 4.96 Å². The minimum atomic E-state index is -4.38. The van der Waals surface area contributed by atoms with E-state index in [9.17, 15) is 13.2 Å². The molecule has 0 aliphatic carbocycles. The fourth-order valence-corrected chi connectivity index (χ4v) is 3.30. The lowest BCUT2D eigenvalue weighted by molar-refractivity contribution is -0.137. The van der Waals surface area contributed by atoms with Gasteiger partial charge in [-0.15, -0.1) is 10.2 Å². The van der Waals surface area contributed by atoms with E-state index in [1.165, 1.54) is 28.0 Å². The summed E-state index contributed by atoms with van der Waals surface area (Å²) < 4.78 is 39.6. The van der Waals surface area contributed by atoms with E-state index in [1.54, 1.807) is 12.1 Å². The molecule has 0 amide bonds. The number of halogens is 4. The third-order valence-electron chi connectivity index (χ3n) is 3.77. The molecule has 0 saturated heterocycles. The zero-order valence-electron chi connectivity index (χ0n) is 13.5. The Morgan fingerprint density at radius 3 is 2.30 bits per heavy atom. The molecule has 4 rings (SSSR count). The Balaban J connectivity index is 1.63. The Labute approximate surface area is 160 Å². The Hall–Kier alpha value is -2.71. The third-order valence-corrected chi connectivity index (χ3v) is 4.88. The molecule has 0 aliphatic heterocycles. The second-order valence-corrected chi connectivity index (χ2v) is 7.04. The van der Waals surface area contributed by atoms with Crippen molar-refractivity contribution in [2.45, 2.75) is 6.18 Å². The lowest BCUT2D eigenvalue weighted by Crippen LogP contribution is -2.04. The molecule has 136 valence electrons. The van der Waals surface area contributed by atoms with Crippen LogP contribution in [0.15, 0.2) is 48.5 Å². The SMILES string of the molecule is FC(F)(F)c1ccc(-c2nnc3sc(/C=C/c4ccc(Cl)cc4)nn23)cc1. The van der Waals surface area contributed by atoms with E-state index in [0.717, 1.165) is 17.7 Å². The molecule has 0 aliphatic rings. The summed E-state index contributed by atoms with van der Waals surface area (Å²) in [5, 5.41) is 13.9. The number of aromatic nitrogens is 4. The molecule has 0 unspecified atom stereocenters. The van der Waals surface area contributed by atoms with Crippen molar-refractivity contribution >= 4 is 40.1 Å². The van der Waals surface area contributed by atoms with Crippen molar-refractivity contribution in [3.8, 4) is 11.4 Å². The van der Waals surface area contributed by atoms with Gasteiger partial charge in [0.1, 0.15) is 5.01 Å². The molecule has 0 spiro atoms. The second-order valence-electron chi connectivity index (χ2n) is 5.62. The van der Waals surface area contributed by atoms with Crippen molar-refractivity contribution in [3.05, 3.63) is 69.7 Å². The predicted molar refractivity (Wildman–Crippen MR) is 99.5 cm³/mol. The van der Waals surface area contributed by atoms with Crippen molar-refractivity contribution in [3.63, 3.8) is 0 Å². The molecule has 9 heteroatoms. The van der Waals surface area contributed by atoms with Crippen molar-refractivity contribution < 1.29 is 13.2 Å². The van der Waals surface area contributed by atoms with Crippen LogP contribution in [-0.2, 0) is 6.18 Å². The number of benzene rings is 2. The van der Waals surface area contributed by atoms with Crippen LogP contribution >= 0.6 is 22.9 Å². The molecular weight excluding hydrogens is 397 g/mol. The first-order chi connectivity index (χ1) is 12.9. The van der Waals surface area contributed by atoms with Gasteiger partial charge in [0, 0.05) is 10.6 Å². The molecular formula is C18H10ClF3N4S. The number of hydrogen-bond acceptors (Lipinski definition) is 4. The highest BCUT2D eigenvalue weighted by Crippen LogP contribution is 2.31. The maximum absolute atomic E-state index is 12.7. The summed E-state index contributed by atoms with van der Waals surface area (Å²) in [6.07, 6.45) is -0.655. The number of fused-ring (bicyclic) bond motifs is 1. The van der Waals surface area contributed by atoms with Crippen molar-refractivity contribution in [1.29, 1.82) is 0 Å². The molecule has 0 fully saturated rings. The molecule has 2 aromatic heterocycles. The molecule has 2 aromatic carbocycles. The van der Waals surface area contributed by atoms with E-state index in [1.807, 2.05) is 24.3 Å². The van der Waals surface area contributed by atoms with Crippen LogP contribution in [0.5, 0.6) is 0 Å². The van der Waals surface area contributed by atoms with Gasteiger partial charge in [-0.3, -0.25) is 0 Å². The van der Waals surface area contributed by atoms with Crippen LogP contribution in [0.4, 0.5) is 13.2 Å². The highest BCUT2D eigenvalue weighted by Gasteiger charge is 2.30. The normalized spacial score (nSPS) is 12.3. The van der Waals surface area contributed by atoms with Gasteiger partial charge in [-0.2, -0.15) is 22.8 Å². The van der Waals surface area contributed by atoms with Crippen molar-refractivity contribution in [2.24, 2.45) is 0 Å². The lowest BCUT2D eigenvalue weighted by atomic mass is 10.1. The van der Waals surface area contributed by atoms with Gasteiger partial charge in [0.15, 0.2) is 5.82 Å². The summed E-state index contributed by atoms with van der Waals surface area (Å²) in [5.41, 5.74) is 0.763. The van der Waals surface area contributed by atoms with Gasteiger partial charge in [0.25, 0.3) is 0 Å². The molecule has 0 atom stereocenters. The molecule has 4 nitrogen and oxygen atoms in total. The van der Waals surface area contributed by atoms with Crippen LogP contribution in [-0.4, -0.2) is 19.8 Å². The van der Waals surface area contributed by atoms with Gasteiger partial charge in [-0.25, -0.2) is 0 Å². The maximum atomic E-state index is 12.7. The van der Waals surface area contributed by atoms with Crippen LogP contribution in [0.3, 0.4) is 0 Å². The first-order valence-electron chi connectivity index (χ1n) is 7.74. The molecule has 0 bridgehead atoms. The maximum Gasteiger partial charge on any atom is 0.416 e. The molecule has 0 saturated carbocycles. The van der Waals surface area contributed by atoms with Crippen LogP contribution in [0, 0.1) is 0 Å². The smallest absolute Gasteiger partial charge is 0.182 e. The fourth-order valence-electron chi connectivity index (χ4n) is 2.43. The monoisotopic (exact) mass is 406 g/mol. The minimum absolute atomic E-state index is 0.390. The zero-order chi connectivity index (χ0) is 19.0. The first-order valence-corrected chi connectivity index (χ1v) is 8.93. The lowest BCUT2D eigenvalue weighted by Gasteiger charge is -2.06. The summed E-state index contributed by atoms with van der Waals surface area (Å²) in [6, 6.07) is 12.1. The summed E-state index contributed by atoms with van der Waals surface area (Å²) in [6.45, 7) is 0. The molecule has 27 heavy (non-hydrogen) atoms. The Morgan fingerprint density at radius 2 is 1.63 bits per heavy atom. The zero-order valence-corrected chi connectivity index (χ0v) is 15.1. The third kappa shape index (κ3) is 3.72. The van der Waals surface area contributed by atoms with Gasteiger partial charge in [0.05, 0.1) is 5.56 Å². The standard InChI is InChI=1S/C18H10ClF3N4S/c19-14-8-1-11(2-9-14)3-10-15-25-26-16(23-24-17(26)27-15)12-4-6-13(7-5-12)18(20,21)22/h1-10H/b10-3+. The number of rotatable bonds is 3. The number of nitrogens with zero attached hydrogens (tertiary/aromatic N) is 4. The molecule has 4 aromatic rings. The van der Waals surface area contributed by atoms with Crippen LogP contribution < -0.4 is 0 Å². The van der Waals surface area contributed by atoms with Crippen LogP contribution in [0.25, 0.3) is 28.5 Å². The Kier molecular flexibility index (Phi) is 4.45. The van der Waals surface area contributed by atoms with Gasteiger partial charge in [-0.05, 0) is 35.9 Å². The highest BCUT2D eigenvalue weighted by molar-refractivity contribution is 7.17. The van der Waals surface area contributed by atoms with Crippen LogP contribution in [0.1, 0.15) is 16.1 Å². The Morgan fingerprint density at radius 1 is 0.926 bits per heavy atom. The van der Waals surface area contributed by atoms with Gasteiger partial charge < -0.3 is 0 Å². The van der Waals surface area contributed by atoms with E-state index in [2.05, 4.69) is 15.3 Å². The second kappa shape index (κ2) is 6.79. The summed E-state index contributed by atoms with van der Waals surface area (Å²) >= 11 is 7.19. The first kappa shape index (κ1) is 17.7. The quantitative estimate of drug-likeness (QED) is 0.438.